The van der Waals surface area contributed by atoms with E-state index >= 15 is 0 Å². The van der Waals surface area contributed by atoms with Crippen molar-refractivity contribution in [3.63, 3.8) is 0 Å². The molecule has 0 spiro atoms. The molecule has 3 rings (SSSR count). The molecule has 2 aromatic heterocycles. The molecule has 8 heteroatoms. The van der Waals surface area contributed by atoms with Gasteiger partial charge in [0.15, 0.2) is 0 Å². The molecular weight excluding hydrogens is 308 g/mol. The zero-order chi connectivity index (χ0) is 15.0. The van der Waals surface area contributed by atoms with Crippen molar-refractivity contribution in [1.82, 2.24) is 4.98 Å². The van der Waals surface area contributed by atoms with Gasteiger partial charge in [-0.25, -0.2) is 4.98 Å². The van der Waals surface area contributed by atoms with Crippen LogP contribution in [0.1, 0.15) is 16.1 Å². The molecule has 1 aliphatic rings. The van der Waals surface area contributed by atoms with Gasteiger partial charge in [0.2, 0.25) is 0 Å². The molecule has 1 aliphatic heterocycles. The Balaban J connectivity index is 2.08. The van der Waals surface area contributed by atoms with Gasteiger partial charge < -0.3 is 20.9 Å². The van der Waals surface area contributed by atoms with E-state index in [1.54, 1.807) is 6.20 Å². The molecule has 0 aliphatic carbocycles. The predicted molar refractivity (Wildman–Crippen MR) is 87.3 cm³/mol. The molecule has 2 aromatic rings. The first kappa shape index (κ1) is 14.4. The summed E-state index contributed by atoms with van der Waals surface area (Å²) < 4.78 is 11.7. The molecule has 3 heterocycles. The zero-order valence-electron chi connectivity index (χ0n) is 11.4. The SMILES string of the molecule is NC(=O)c1sc2nccc(N3CCC[S+]([O-])CC3)c2c1N. The number of thiophene rings is 1. The van der Waals surface area contributed by atoms with Gasteiger partial charge in [-0.05, 0) is 6.07 Å². The summed E-state index contributed by atoms with van der Waals surface area (Å²) in [5.41, 5.74) is 12.8. The molecule has 0 radical (unpaired) electrons. The van der Waals surface area contributed by atoms with Crippen LogP contribution in [0.5, 0.6) is 0 Å². The Kier molecular flexibility index (Phi) is 3.92. The second kappa shape index (κ2) is 5.70. The van der Waals surface area contributed by atoms with Gasteiger partial charge in [-0.1, -0.05) is 11.2 Å². The summed E-state index contributed by atoms with van der Waals surface area (Å²) >= 11 is 0.465. The number of carbonyl (C=O) groups excluding carboxylic acids is 1. The van der Waals surface area contributed by atoms with E-state index in [1.807, 2.05) is 6.07 Å². The average Bonchev–Trinajstić information content (AvgIpc) is 2.65. The second-order valence-electron chi connectivity index (χ2n) is 4.91. The fourth-order valence-corrected chi connectivity index (χ4v) is 4.57. The molecule has 6 nitrogen and oxygen atoms in total. The van der Waals surface area contributed by atoms with Crippen molar-refractivity contribution in [3.05, 3.63) is 17.1 Å². The van der Waals surface area contributed by atoms with Gasteiger partial charge in [0, 0.05) is 19.2 Å². The number of nitrogen functional groups attached to an aromatic ring is 1. The van der Waals surface area contributed by atoms with Crippen molar-refractivity contribution in [2.24, 2.45) is 5.73 Å². The summed E-state index contributed by atoms with van der Waals surface area (Å²) in [6.45, 7) is 1.54. The van der Waals surface area contributed by atoms with Crippen LogP contribution >= 0.6 is 11.3 Å². The summed E-state index contributed by atoms with van der Waals surface area (Å²) in [6, 6.07) is 1.89. The molecule has 1 saturated heterocycles. The normalized spacial score (nSPS) is 19.7. The highest BCUT2D eigenvalue weighted by Gasteiger charge is 2.23. The first-order valence-electron chi connectivity index (χ1n) is 6.64. The summed E-state index contributed by atoms with van der Waals surface area (Å²) in [5.74, 6) is 0.853. The number of amides is 1. The molecule has 1 atom stereocenters. The number of fused-ring (bicyclic) bond motifs is 1. The minimum absolute atomic E-state index is 0.350. The lowest BCUT2D eigenvalue weighted by Gasteiger charge is -2.22. The van der Waals surface area contributed by atoms with Crippen LogP contribution in [0.25, 0.3) is 10.2 Å². The standard InChI is InChI=1S/C13H16N4O2S2/c14-10-9-8(17-4-1-6-21(19)7-5-17)2-3-16-13(9)20-11(10)12(15)18/h2-3H,1,4-7,14H2,(H2,15,18). The summed E-state index contributed by atoms with van der Waals surface area (Å²) in [4.78, 5) is 19.0. The van der Waals surface area contributed by atoms with Crippen molar-refractivity contribution in [2.45, 2.75) is 6.42 Å². The maximum Gasteiger partial charge on any atom is 0.260 e. The first-order chi connectivity index (χ1) is 10.1. The number of carbonyl (C=O) groups is 1. The number of anilines is 2. The van der Waals surface area contributed by atoms with E-state index in [0.29, 0.717) is 27.7 Å². The number of aromatic nitrogens is 1. The Bertz CT molecular complexity index is 688. The van der Waals surface area contributed by atoms with Crippen LogP contribution < -0.4 is 16.4 Å². The van der Waals surface area contributed by atoms with E-state index in [1.165, 1.54) is 11.3 Å². The Morgan fingerprint density at radius 3 is 3.00 bits per heavy atom. The molecular formula is C13H16N4O2S2. The summed E-state index contributed by atoms with van der Waals surface area (Å²) in [5, 5.41) is 0.781. The third-order valence-corrected chi connectivity index (χ3v) is 6.07. The van der Waals surface area contributed by atoms with Crippen molar-refractivity contribution < 1.29 is 9.35 Å². The maximum atomic E-state index is 11.7. The Hall–Kier alpha value is -1.51. The monoisotopic (exact) mass is 324 g/mol. The van der Waals surface area contributed by atoms with Gasteiger partial charge in [0.1, 0.15) is 21.2 Å². The summed E-state index contributed by atoms with van der Waals surface area (Å²) in [7, 11) is 0. The quantitative estimate of drug-likeness (QED) is 0.799. The van der Waals surface area contributed by atoms with E-state index in [0.717, 1.165) is 29.8 Å². The van der Waals surface area contributed by atoms with E-state index in [9.17, 15) is 9.35 Å². The number of hydrogen-bond donors (Lipinski definition) is 2. The van der Waals surface area contributed by atoms with E-state index in [4.69, 9.17) is 11.5 Å². The van der Waals surface area contributed by atoms with Gasteiger partial charge in [-0.15, -0.1) is 11.3 Å². The van der Waals surface area contributed by atoms with Gasteiger partial charge in [0.25, 0.3) is 5.91 Å². The van der Waals surface area contributed by atoms with E-state index in [-0.39, 0.29) is 0 Å². The maximum absolute atomic E-state index is 11.7. The Morgan fingerprint density at radius 2 is 2.24 bits per heavy atom. The fourth-order valence-electron chi connectivity index (χ4n) is 2.56. The van der Waals surface area contributed by atoms with Gasteiger partial charge in [-0.2, -0.15) is 0 Å². The lowest BCUT2D eigenvalue weighted by molar-refractivity contribution is 0.100. The van der Waals surface area contributed by atoms with Crippen LogP contribution in [0.2, 0.25) is 0 Å². The topological polar surface area (TPSA) is 108 Å². The fraction of sp³-hybridized carbons (Fsp3) is 0.385. The molecule has 0 bridgehead atoms. The third kappa shape index (κ3) is 2.66. The van der Waals surface area contributed by atoms with Crippen molar-refractivity contribution in [2.75, 3.05) is 35.2 Å². The lowest BCUT2D eigenvalue weighted by Crippen LogP contribution is -2.27. The highest BCUT2D eigenvalue weighted by molar-refractivity contribution is 7.91. The minimum Gasteiger partial charge on any atom is -0.616 e. The van der Waals surface area contributed by atoms with Crippen LogP contribution in [0.3, 0.4) is 0 Å². The number of rotatable bonds is 2. The third-order valence-electron chi connectivity index (χ3n) is 3.56. The number of pyridine rings is 1. The smallest absolute Gasteiger partial charge is 0.260 e. The first-order valence-corrected chi connectivity index (χ1v) is 8.95. The summed E-state index contributed by atoms with van der Waals surface area (Å²) in [6.07, 6.45) is 2.59. The largest absolute Gasteiger partial charge is 0.616 e. The van der Waals surface area contributed by atoms with Crippen molar-refractivity contribution >= 4 is 50.0 Å². The van der Waals surface area contributed by atoms with Crippen LogP contribution in [0.15, 0.2) is 12.3 Å². The molecule has 0 aromatic carbocycles. The predicted octanol–water partition coefficient (Wildman–Crippen LogP) is 0.936. The van der Waals surface area contributed by atoms with Gasteiger partial charge in [0.05, 0.1) is 23.3 Å². The van der Waals surface area contributed by atoms with E-state index in [2.05, 4.69) is 9.88 Å². The van der Waals surface area contributed by atoms with Crippen LogP contribution in [0.4, 0.5) is 11.4 Å². The molecule has 112 valence electrons. The average molecular weight is 324 g/mol. The molecule has 1 fully saturated rings. The molecule has 1 amide bonds. The highest BCUT2D eigenvalue weighted by Crippen LogP contribution is 2.38. The number of hydrogen-bond acceptors (Lipinski definition) is 6. The number of nitrogens with zero attached hydrogens (tertiary/aromatic N) is 2. The van der Waals surface area contributed by atoms with E-state index < -0.39 is 17.1 Å². The number of nitrogens with two attached hydrogens (primary N) is 2. The minimum atomic E-state index is -0.753. The van der Waals surface area contributed by atoms with Crippen LogP contribution in [0, 0.1) is 0 Å². The molecule has 1 unspecified atom stereocenters. The molecule has 4 N–H and O–H groups in total. The Labute approximate surface area is 129 Å². The van der Waals surface area contributed by atoms with Gasteiger partial charge >= 0.3 is 0 Å². The number of primary amides is 1. The second-order valence-corrected chi connectivity index (χ2v) is 7.60. The highest BCUT2D eigenvalue weighted by atomic mass is 32.2. The zero-order valence-corrected chi connectivity index (χ0v) is 13.0. The van der Waals surface area contributed by atoms with Crippen LogP contribution in [-0.4, -0.2) is 40.0 Å². The van der Waals surface area contributed by atoms with Crippen molar-refractivity contribution in [1.29, 1.82) is 0 Å². The van der Waals surface area contributed by atoms with Crippen LogP contribution in [-0.2, 0) is 11.2 Å². The van der Waals surface area contributed by atoms with Gasteiger partial charge in [-0.3, -0.25) is 4.79 Å². The van der Waals surface area contributed by atoms with Crippen molar-refractivity contribution in [3.8, 4) is 0 Å². The Morgan fingerprint density at radius 1 is 1.43 bits per heavy atom. The molecule has 0 saturated carbocycles. The molecule has 21 heavy (non-hydrogen) atoms. The lowest BCUT2D eigenvalue weighted by atomic mass is 10.2.